The maximum atomic E-state index is 13.2. The Morgan fingerprint density at radius 3 is 2.51 bits per heavy atom. The van der Waals surface area contributed by atoms with Gasteiger partial charge < -0.3 is 23.8 Å². The summed E-state index contributed by atoms with van der Waals surface area (Å²) < 4.78 is 52.3. The van der Waals surface area contributed by atoms with Crippen LogP contribution in [-0.4, -0.2) is 60.8 Å². The van der Waals surface area contributed by atoms with Gasteiger partial charge in [-0.1, -0.05) is 6.07 Å². The van der Waals surface area contributed by atoms with E-state index in [0.29, 0.717) is 44.1 Å². The highest BCUT2D eigenvalue weighted by Gasteiger charge is 2.32. The summed E-state index contributed by atoms with van der Waals surface area (Å²) in [6.45, 7) is 2.43. The fourth-order valence-corrected chi connectivity index (χ4v) is 5.17. The molecule has 10 heteroatoms. The minimum absolute atomic E-state index is 0.152. The first-order chi connectivity index (χ1) is 17.8. The number of aromatic nitrogens is 2. The van der Waals surface area contributed by atoms with Crippen molar-refractivity contribution >= 4 is 11.6 Å². The third-order valence-corrected chi connectivity index (χ3v) is 7.19. The number of hydrogen-bond donors (Lipinski definition) is 0. The fraction of sp³-hybridized carbons (Fsp3) is 0.407. The molecule has 1 fully saturated rings. The topological polar surface area (TPSA) is 59.8 Å². The standard InChI is InChI=1S/C27H29F3N4O3/c1-36-21-7-8-24(37-2)22(15-21)18-6-9-25-31-23(17-34(25)16-18)26(35)33-12-10-32(11-13-33)20-5-3-4-19(14-20)27(28,29)30/h3-5,7-8,14-15,17-18H,6,9-13,16H2,1-2H3. The summed E-state index contributed by atoms with van der Waals surface area (Å²) in [5, 5.41) is 0. The van der Waals surface area contributed by atoms with Crippen molar-refractivity contribution in [2.45, 2.75) is 31.5 Å². The largest absolute Gasteiger partial charge is 0.497 e. The molecule has 0 spiro atoms. The number of rotatable bonds is 5. The molecule has 0 bridgehead atoms. The summed E-state index contributed by atoms with van der Waals surface area (Å²) >= 11 is 0. The molecule has 3 heterocycles. The van der Waals surface area contributed by atoms with Crippen LogP contribution in [0.25, 0.3) is 0 Å². The summed E-state index contributed by atoms with van der Waals surface area (Å²) in [5.74, 6) is 2.51. The lowest BCUT2D eigenvalue weighted by Gasteiger charge is -2.36. The zero-order valence-corrected chi connectivity index (χ0v) is 20.8. The quantitative estimate of drug-likeness (QED) is 0.498. The molecule has 2 aromatic carbocycles. The summed E-state index contributed by atoms with van der Waals surface area (Å²) in [5.41, 5.74) is 1.32. The molecule has 196 valence electrons. The predicted octanol–water partition coefficient (Wildman–Crippen LogP) is 4.61. The predicted molar refractivity (Wildman–Crippen MR) is 132 cm³/mol. The number of benzene rings is 2. The van der Waals surface area contributed by atoms with Gasteiger partial charge in [0.15, 0.2) is 0 Å². The third kappa shape index (κ3) is 5.10. The van der Waals surface area contributed by atoms with Gasteiger partial charge in [0.2, 0.25) is 0 Å². The first-order valence-electron chi connectivity index (χ1n) is 12.3. The van der Waals surface area contributed by atoms with Gasteiger partial charge in [-0.15, -0.1) is 0 Å². The minimum atomic E-state index is -4.38. The molecule has 1 aromatic heterocycles. The second-order valence-electron chi connectivity index (χ2n) is 9.37. The molecular formula is C27H29F3N4O3. The van der Waals surface area contributed by atoms with Crippen LogP contribution in [0.5, 0.6) is 11.5 Å². The second kappa shape index (κ2) is 9.99. The van der Waals surface area contributed by atoms with Gasteiger partial charge in [0.05, 0.1) is 19.8 Å². The number of fused-ring (bicyclic) bond motifs is 1. The van der Waals surface area contributed by atoms with Crippen LogP contribution >= 0.6 is 0 Å². The zero-order valence-electron chi connectivity index (χ0n) is 20.8. The van der Waals surface area contributed by atoms with Crippen LogP contribution in [0.1, 0.15) is 39.8 Å². The van der Waals surface area contributed by atoms with Crippen LogP contribution in [0.2, 0.25) is 0 Å². The molecule has 0 radical (unpaired) electrons. The average molecular weight is 515 g/mol. The molecule has 0 saturated carbocycles. The van der Waals surface area contributed by atoms with E-state index in [2.05, 4.69) is 4.98 Å². The van der Waals surface area contributed by atoms with Crippen molar-refractivity contribution in [3.8, 4) is 11.5 Å². The Morgan fingerprint density at radius 1 is 1.03 bits per heavy atom. The van der Waals surface area contributed by atoms with Gasteiger partial charge in [-0.3, -0.25) is 4.79 Å². The minimum Gasteiger partial charge on any atom is -0.497 e. The van der Waals surface area contributed by atoms with Crippen molar-refractivity contribution in [1.82, 2.24) is 14.5 Å². The first-order valence-corrected chi connectivity index (χ1v) is 12.3. The molecule has 2 aliphatic rings. The highest BCUT2D eigenvalue weighted by atomic mass is 19.4. The number of hydrogen-bond acceptors (Lipinski definition) is 5. The number of ether oxygens (including phenoxy) is 2. The lowest BCUT2D eigenvalue weighted by Crippen LogP contribution is -2.49. The number of piperazine rings is 1. The van der Waals surface area contributed by atoms with Gasteiger partial charge in [-0.2, -0.15) is 13.2 Å². The van der Waals surface area contributed by atoms with Gasteiger partial charge >= 0.3 is 6.18 Å². The Kier molecular flexibility index (Phi) is 6.74. The lowest BCUT2D eigenvalue weighted by molar-refractivity contribution is -0.137. The van der Waals surface area contributed by atoms with Crippen LogP contribution in [0.15, 0.2) is 48.7 Å². The number of nitrogens with zero attached hydrogens (tertiary/aromatic N) is 4. The van der Waals surface area contributed by atoms with Crippen LogP contribution in [0.3, 0.4) is 0 Å². The molecule has 5 rings (SSSR count). The molecule has 1 amide bonds. The van der Waals surface area contributed by atoms with Gasteiger partial charge in [0.25, 0.3) is 5.91 Å². The Balaban J connectivity index is 1.25. The Morgan fingerprint density at radius 2 is 1.81 bits per heavy atom. The van der Waals surface area contributed by atoms with Crippen LogP contribution in [0.4, 0.5) is 18.9 Å². The number of carbonyl (C=O) groups is 1. The maximum Gasteiger partial charge on any atom is 0.416 e. The number of aryl methyl sites for hydroxylation is 1. The molecule has 2 aliphatic heterocycles. The van der Waals surface area contributed by atoms with Crippen molar-refractivity contribution in [2.75, 3.05) is 45.3 Å². The molecule has 1 atom stereocenters. The molecule has 3 aromatic rings. The van der Waals surface area contributed by atoms with E-state index in [1.54, 1.807) is 25.2 Å². The molecule has 37 heavy (non-hydrogen) atoms. The number of anilines is 1. The third-order valence-electron chi connectivity index (χ3n) is 7.19. The highest BCUT2D eigenvalue weighted by Crippen LogP contribution is 2.37. The van der Waals surface area contributed by atoms with Gasteiger partial charge in [0.1, 0.15) is 23.0 Å². The van der Waals surface area contributed by atoms with Crippen LogP contribution < -0.4 is 14.4 Å². The second-order valence-corrected chi connectivity index (χ2v) is 9.37. The summed E-state index contributed by atoms with van der Waals surface area (Å²) in [6, 6.07) is 11.1. The monoisotopic (exact) mass is 514 g/mol. The zero-order chi connectivity index (χ0) is 26.2. The van der Waals surface area contributed by atoms with Gasteiger partial charge in [0, 0.05) is 62.5 Å². The fourth-order valence-electron chi connectivity index (χ4n) is 5.17. The van der Waals surface area contributed by atoms with E-state index in [-0.39, 0.29) is 11.8 Å². The summed E-state index contributed by atoms with van der Waals surface area (Å²) in [4.78, 5) is 21.5. The van der Waals surface area contributed by atoms with Crippen molar-refractivity contribution in [1.29, 1.82) is 0 Å². The maximum absolute atomic E-state index is 13.2. The van der Waals surface area contributed by atoms with Crippen LogP contribution in [-0.2, 0) is 19.1 Å². The molecular weight excluding hydrogens is 485 g/mol. The van der Waals surface area contributed by atoms with Crippen molar-refractivity contribution in [3.63, 3.8) is 0 Å². The molecule has 1 saturated heterocycles. The molecule has 0 N–H and O–H groups in total. The first kappa shape index (κ1) is 25.0. The van der Waals surface area contributed by atoms with Crippen LogP contribution in [0, 0.1) is 0 Å². The van der Waals surface area contributed by atoms with E-state index in [1.807, 2.05) is 33.9 Å². The average Bonchev–Trinajstić information content (AvgIpc) is 3.35. The number of amides is 1. The van der Waals surface area contributed by atoms with E-state index in [9.17, 15) is 18.0 Å². The number of halogens is 3. The van der Waals surface area contributed by atoms with Gasteiger partial charge in [-0.05, 0) is 42.8 Å². The Bertz CT molecular complexity index is 1280. The smallest absolute Gasteiger partial charge is 0.416 e. The van der Waals surface area contributed by atoms with Gasteiger partial charge in [-0.25, -0.2) is 4.98 Å². The van der Waals surface area contributed by atoms with Crippen molar-refractivity contribution in [2.24, 2.45) is 0 Å². The van der Waals surface area contributed by atoms with Crippen molar-refractivity contribution in [3.05, 3.63) is 71.3 Å². The Hall–Kier alpha value is -3.69. The number of alkyl halides is 3. The highest BCUT2D eigenvalue weighted by molar-refractivity contribution is 5.92. The molecule has 1 unspecified atom stereocenters. The molecule has 7 nitrogen and oxygen atoms in total. The van der Waals surface area contributed by atoms with E-state index >= 15 is 0 Å². The number of imidazole rings is 1. The number of methoxy groups -OCH3 is 2. The SMILES string of the molecule is COc1ccc(OC)c(C2CCc3nc(C(=O)N4CCN(c5cccc(C(F)(F)F)c5)CC4)cn3C2)c1. The summed E-state index contributed by atoms with van der Waals surface area (Å²) in [7, 11) is 3.29. The van der Waals surface area contributed by atoms with E-state index in [0.717, 1.165) is 47.9 Å². The Labute approximate surface area is 213 Å². The molecule has 0 aliphatic carbocycles. The summed E-state index contributed by atoms with van der Waals surface area (Å²) in [6.07, 6.45) is -0.953. The number of carbonyl (C=O) groups excluding carboxylic acids is 1. The van der Waals surface area contributed by atoms with Crippen molar-refractivity contribution < 1.29 is 27.4 Å². The lowest BCUT2D eigenvalue weighted by atomic mass is 9.90. The van der Waals surface area contributed by atoms with E-state index < -0.39 is 11.7 Å². The van der Waals surface area contributed by atoms with E-state index in [1.165, 1.54) is 6.07 Å². The van der Waals surface area contributed by atoms with E-state index in [4.69, 9.17) is 9.47 Å². The normalized spacial score (nSPS) is 17.9.